The number of carbonyl (C=O) groups excluding carboxylic acids is 1. The van der Waals surface area contributed by atoms with Gasteiger partial charge in [0.05, 0.1) is 10.5 Å². The van der Waals surface area contributed by atoms with Crippen LogP contribution < -0.4 is 4.74 Å². The number of rotatable bonds is 8. The van der Waals surface area contributed by atoms with Gasteiger partial charge in [0.15, 0.2) is 0 Å². The van der Waals surface area contributed by atoms with Gasteiger partial charge in [0.25, 0.3) is 0 Å². The molecule has 2 rings (SSSR count). The van der Waals surface area contributed by atoms with Crippen LogP contribution in [-0.2, 0) is 21.2 Å². The summed E-state index contributed by atoms with van der Waals surface area (Å²) >= 11 is 3.21. The Bertz CT molecular complexity index is 912. The van der Waals surface area contributed by atoms with Gasteiger partial charge in [-0.05, 0) is 58.2 Å². The van der Waals surface area contributed by atoms with Crippen molar-refractivity contribution in [1.29, 1.82) is 0 Å². The van der Waals surface area contributed by atoms with E-state index in [1.54, 1.807) is 0 Å². The van der Waals surface area contributed by atoms with Gasteiger partial charge in [0.1, 0.15) is 19.0 Å². The normalized spacial score (nSPS) is 11.4. The average Bonchev–Trinajstić information content (AvgIpc) is 2.65. The first-order chi connectivity index (χ1) is 12.8. The Morgan fingerprint density at radius 3 is 2.52 bits per heavy atom. The van der Waals surface area contributed by atoms with Gasteiger partial charge in [0, 0.05) is 18.6 Å². The number of hydrogen-bond acceptors (Lipinski definition) is 5. The summed E-state index contributed by atoms with van der Waals surface area (Å²) in [6.07, 6.45) is 0.911. The van der Waals surface area contributed by atoms with Crippen molar-refractivity contribution < 1.29 is 22.7 Å². The Labute approximate surface area is 168 Å². The third-order valence-corrected chi connectivity index (χ3v) is 6.63. The molecule has 0 spiro atoms. The lowest BCUT2D eigenvalue weighted by Gasteiger charge is -2.14. The fourth-order valence-electron chi connectivity index (χ4n) is 2.26. The third kappa shape index (κ3) is 5.54. The molecule has 0 aliphatic carbocycles. The molecule has 6 nitrogen and oxygen atoms in total. The number of sulfonamides is 1. The number of benzene rings is 2. The molecule has 0 atom stereocenters. The maximum absolute atomic E-state index is 12.3. The molecule has 0 aliphatic rings. The van der Waals surface area contributed by atoms with Gasteiger partial charge >= 0.3 is 5.97 Å². The number of halogens is 1. The molecule has 0 heterocycles. The standard InChI is InChI=1S/C19H22BrNO5S/c1-4-14-6-5-7-16(12-14)25-10-11-26-19(22)15-8-9-17(20)18(13-15)27(23,24)21(2)3/h5-9,12-13H,4,10-11H2,1-3H3. The lowest BCUT2D eigenvalue weighted by molar-refractivity contribution is 0.0450. The largest absolute Gasteiger partial charge is 0.490 e. The van der Waals surface area contributed by atoms with E-state index in [0.29, 0.717) is 10.2 Å². The maximum atomic E-state index is 12.3. The van der Waals surface area contributed by atoms with Crippen LogP contribution in [0.15, 0.2) is 51.8 Å². The molecule has 0 aliphatic heterocycles. The second-order valence-electron chi connectivity index (χ2n) is 5.92. The van der Waals surface area contributed by atoms with Crippen LogP contribution in [0.2, 0.25) is 0 Å². The Balaban J connectivity index is 1.98. The lowest BCUT2D eigenvalue weighted by atomic mass is 10.2. The van der Waals surface area contributed by atoms with Crippen molar-refractivity contribution in [2.45, 2.75) is 18.2 Å². The number of hydrogen-bond donors (Lipinski definition) is 0. The van der Waals surface area contributed by atoms with Gasteiger partial charge in [-0.3, -0.25) is 0 Å². The van der Waals surface area contributed by atoms with E-state index in [1.807, 2.05) is 24.3 Å². The molecule has 8 heteroatoms. The Hall–Kier alpha value is -1.90. The summed E-state index contributed by atoms with van der Waals surface area (Å²) in [5.74, 6) is 0.108. The van der Waals surface area contributed by atoms with Crippen LogP contribution in [0.4, 0.5) is 0 Å². The highest BCUT2D eigenvalue weighted by Crippen LogP contribution is 2.25. The predicted molar refractivity (Wildman–Crippen MR) is 107 cm³/mol. The van der Waals surface area contributed by atoms with Crippen molar-refractivity contribution in [2.75, 3.05) is 27.3 Å². The molecule has 0 saturated heterocycles. The van der Waals surface area contributed by atoms with Gasteiger partial charge in [-0.2, -0.15) is 0 Å². The van der Waals surface area contributed by atoms with Crippen LogP contribution in [0.5, 0.6) is 5.75 Å². The van der Waals surface area contributed by atoms with Crippen LogP contribution in [-0.4, -0.2) is 46.0 Å². The molecule has 27 heavy (non-hydrogen) atoms. The minimum Gasteiger partial charge on any atom is -0.490 e. The van der Waals surface area contributed by atoms with Crippen LogP contribution in [0.1, 0.15) is 22.8 Å². The lowest BCUT2D eigenvalue weighted by Crippen LogP contribution is -2.23. The molecular formula is C19H22BrNO5S. The van der Waals surface area contributed by atoms with E-state index in [2.05, 4.69) is 22.9 Å². The molecule has 0 bridgehead atoms. The van der Waals surface area contributed by atoms with Crippen molar-refractivity contribution in [3.05, 3.63) is 58.1 Å². The van der Waals surface area contributed by atoms with E-state index < -0.39 is 16.0 Å². The van der Waals surface area contributed by atoms with Gasteiger partial charge < -0.3 is 9.47 Å². The van der Waals surface area contributed by atoms with Crippen LogP contribution in [0.3, 0.4) is 0 Å². The van der Waals surface area contributed by atoms with E-state index >= 15 is 0 Å². The Morgan fingerprint density at radius 1 is 1.11 bits per heavy atom. The predicted octanol–water partition coefficient (Wildman–Crippen LogP) is 3.50. The fraction of sp³-hybridized carbons (Fsp3) is 0.316. The van der Waals surface area contributed by atoms with Crippen molar-refractivity contribution in [3.63, 3.8) is 0 Å². The zero-order valence-corrected chi connectivity index (χ0v) is 17.8. The molecule has 0 amide bonds. The molecular weight excluding hydrogens is 434 g/mol. The summed E-state index contributed by atoms with van der Waals surface area (Å²) in [7, 11) is -0.821. The van der Waals surface area contributed by atoms with Crippen molar-refractivity contribution in [1.82, 2.24) is 4.31 Å². The second-order valence-corrected chi connectivity index (χ2v) is 8.89. The molecule has 0 aromatic heterocycles. The summed E-state index contributed by atoms with van der Waals surface area (Å²) in [4.78, 5) is 12.2. The van der Waals surface area contributed by atoms with E-state index in [4.69, 9.17) is 9.47 Å². The molecule has 0 saturated carbocycles. The highest BCUT2D eigenvalue weighted by Gasteiger charge is 2.22. The third-order valence-electron chi connectivity index (χ3n) is 3.82. The van der Waals surface area contributed by atoms with Crippen molar-refractivity contribution in [3.8, 4) is 5.75 Å². The van der Waals surface area contributed by atoms with E-state index in [1.165, 1.54) is 32.3 Å². The van der Waals surface area contributed by atoms with Gasteiger partial charge in [0.2, 0.25) is 10.0 Å². The first-order valence-corrected chi connectivity index (χ1v) is 10.6. The number of esters is 1. The highest BCUT2D eigenvalue weighted by molar-refractivity contribution is 9.10. The summed E-state index contributed by atoms with van der Waals surface area (Å²) in [5.41, 5.74) is 1.32. The van der Waals surface area contributed by atoms with Crippen LogP contribution in [0.25, 0.3) is 0 Å². The number of ether oxygens (including phenoxy) is 2. The van der Waals surface area contributed by atoms with E-state index in [9.17, 15) is 13.2 Å². The van der Waals surface area contributed by atoms with E-state index in [-0.39, 0.29) is 23.7 Å². The SMILES string of the molecule is CCc1cccc(OCCOC(=O)c2ccc(Br)c(S(=O)(=O)N(C)C)c2)c1. The van der Waals surface area contributed by atoms with Crippen molar-refractivity contribution >= 4 is 31.9 Å². The number of nitrogens with zero attached hydrogens (tertiary/aromatic N) is 1. The van der Waals surface area contributed by atoms with Crippen LogP contribution >= 0.6 is 15.9 Å². The van der Waals surface area contributed by atoms with E-state index in [0.717, 1.165) is 16.3 Å². The topological polar surface area (TPSA) is 72.9 Å². The molecule has 146 valence electrons. The molecule has 2 aromatic carbocycles. The molecule has 0 fully saturated rings. The summed E-state index contributed by atoms with van der Waals surface area (Å²) in [6.45, 7) is 2.32. The smallest absolute Gasteiger partial charge is 0.338 e. The first kappa shape index (κ1) is 21.4. The minimum absolute atomic E-state index is 0.00887. The fourth-order valence-corrected chi connectivity index (χ4v) is 4.10. The Morgan fingerprint density at radius 2 is 1.85 bits per heavy atom. The van der Waals surface area contributed by atoms with Crippen LogP contribution in [0, 0.1) is 0 Å². The van der Waals surface area contributed by atoms with Gasteiger partial charge in [-0.15, -0.1) is 0 Å². The zero-order chi connectivity index (χ0) is 20.0. The quantitative estimate of drug-likeness (QED) is 0.449. The molecule has 2 aromatic rings. The minimum atomic E-state index is -3.68. The first-order valence-electron chi connectivity index (χ1n) is 8.36. The Kier molecular flexibility index (Phi) is 7.41. The molecule has 0 radical (unpaired) electrons. The van der Waals surface area contributed by atoms with Gasteiger partial charge in [-0.1, -0.05) is 19.1 Å². The average molecular weight is 456 g/mol. The highest BCUT2D eigenvalue weighted by atomic mass is 79.9. The monoisotopic (exact) mass is 455 g/mol. The maximum Gasteiger partial charge on any atom is 0.338 e. The van der Waals surface area contributed by atoms with Crippen molar-refractivity contribution in [2.24, 2.45) is 0 Å². The second kappa shape index (κ2) is 9.34. The molecule has 0 N–H and O–H groups in total. The summed E-state index contributed by atoms with van der Waals surface area (Å²) in [5, 5.41) is 0. The zero-order valence-electron chi connectivity index (χ0n) is 15.4. The summed E-state index contributed by atoms with van der Waals surface area (Å²) in [6, 6.07) is 12.0. The van der Waals surface area contributed by atoms with Gasteiger partial charge in [-0.25, -0.2) is 17.5 Å². The summed E-state index contributed by atoms with van der Waals surface area (Å²) < 4.78 is 36.9. The molecule has 0 unspecified atom stereocenters. The number of carbonyl (C=O) groups is 1. The number of aryl methyl sites for hydroxylation is 1.